The van der Waals surface area contributed by atoms with Crippen LogP contribution in [0.2, 0.25) is 0 Å². The van der Waals surface area contributed by atoms with Gasteiger partial charge in [-0.05, 0) is 30.5 Å². The number of hydrogen-bond acceptors (Lipinski definition) is 5. The summed E-state index contributed by atoms with van der Waals surface area (Å²) in [7, 11) is 1.88. The highest BCUT2D eigenvalue weighted by molar-refractivity contribution is 5.70. The highest BCUT2D eigenvalue weighted by Gasteiger charge is 2.19. The van der Waals surface area contributed by atoms with E-state index in [4.69, 9.17) is 9.47 Å². The van der Waals surface area contributed by atoms with Gasteiger partial charge in [-0.2, -0.15) is 5.10 Å². The van der Waals surface area contributed by atoms with Crippen molar-refractivity contribution < 1.29 is 19.4 Å². The number of hydrogen-bond donors (Lipinski definition) is 2. The maximum atomic E-state index is 11.5. The molecule has 0 fully saturated rings. The Bertz CT molecular complexity index is 816. The average molecular weight is 387 g/mol. The lowest BCUT2D eigenvalue weighted by Gasteiger charge is -2.15. The molecule has 7 heteroatoms. The van der Waals surface area contributed by atoms with E-state index in [0.29, 0.717) is 38.6 Å². The number of carbonyl (C=O) groups is 1. The van der Waals surface area contributed by atoms with E-state index in [2.05, 4.69) is 10.4 Å². The summed E-state index contributed by atoms with van der Waals surface area (Å²) in [6.07, 6.45) is 3.48. The lowest BCUT2D eigenvalue weighted by atomic mass is 9.97. The van der Waals surface area contributed by atoms with Crippen molar-refractivity contribution >= 4 is 5.97 Å². The minimum Gasteiger partial charge on any atom is -0.490 e. The second-order valence-electron chi connectivity index (χ2n) is 7.68. The number of aromatic nitrogens is 2. The van der Waals surface area contributed by atoms with Crippen LogP contribution in [0.5, 0.6) is 11.5 Å². The molecular formula is C21H29N3O4. The Morgan fingerprint density at radius 1 is 1.29 bits per heavy atom. The number of carboxylic acid groups (broad SMARTS) is 1. The average Bonchev–Trinajstić information content (AvgIpc) is 2.86. The SMILES string of the molecule is CC(C)CC(CNCc1cn(C)nc1-c1ccc2c(c1)OCCCO2)C(=O)O. The third-order valence-electron chi connectivity index (χ3n) is 4.74. The molecule has 1 aliphatic rings. The third-order valence-corrected chi connectivity index (χ3v) is 4.74. The van der Waals surface area contributed by atoms with E-state index >= 15 is 0 Å². The molecule has 1 atom stereocenters. The number of fused-ring (bicyclic) bond motifs is 1. The Morgan fingerprint density at radius 2 is 2.04 bits per heavy atom. The number of ether oxygens (including phenoxy) is 2. The molecule has 0 spiro atoms. The van der Waals surface area contributed by atoms with Crippen LogP contribution in [0, 0.1) is 11.8 Å². The summed E-state index contributed by atoms with van der Waals surface area (Å²) in [5.41, 5.74) is 2.84. The van der Waals surface area contributed by atoms with Gasteiger partial charge >= 0.3 is 5.97 Å². The molecule has 0 radical (unpaired) electrons. The number of nitrogens with zero attached hydrogens (tertiary/aromatic N) is 2. The third kappa shape index (κ3) is 5.04. The fraction of sp³-hybridized carbons (Fsp3) is 0.524. The zero-order chi connectivity index (χ0) is 20.1. The van der Waals surface area contributed by atoms with E-state index in [1.54, 1.807) is 4.68 Å². The van der Waals surface area contributed by atoms with Crippen molar-refractivity contribution in [1.82, 2.24) is 15.1 Å². The van der Waals surface area contributed by atoms with Gasteiger partial charge in [-0.3, -0.25) is 9.48 Å². The van der Waals surface area contributed by atoms with Gasteiger partial charge in [0, 0.05) is 43.9 Å². The summed E-state index contributed by atoms with van der Waals surface area (Å²) in [6.45, 7) is 6.37. The first-order valence-electron chi connectivity index (χ1n) is 9.80. The van der Waals surface area contributed by atoms with Crippen LogP contribution in [-0.4, -0.2) is 40.6 Å². The summed E-state index contributed by atoms with van der Waals surface area (Å²) in [4.78, 5) is 11.5. The van der Waals surface area contributed by atoms with Gasteiger partial charge in [0.25, 0.3) is 0 Å². The number of aryl methyl sites for hydroxylation is 1. The second-order valence-corrected chi connectivity index (χ2v) is 7.68. The number of nitrogens with one attached hydrogen (secondary N) is 1. The van der Waals surface area contributed by atoms with Crippen molar-refractivity contribution in [3.63, 3.8) is 0 Å². The first kappa shape index (κ1) is 20.2. The Morgan fingerprint density at radius 3 is 2.75 bits per heavy atom. The molecule has 0 bridgehead atoms. The smallest absolute Gasteiger partial charge is 0.307 e. The van der Waals surface area contributed by atoms with Crippen molar-refractivity contribution in [1.29, 1.82) is 0 Å². The molecule has 1 unspecified atom stereocenters. The van der Waals surface area contributed by atoms with Crippen molar-refractivity contribution in [2.45, 2.75) is 33.2 Å². The molecule has 2 heterocycles. The summed E-state index contributed by atoms with van der Waals surface area (Å²) >= 11 is 0. The summed E-state index contributed by atoms with van der Waals surface area (Å²) < 4.78 is 13.3. The van der Waals surface area contributed by atoms with Crippen molar-refractivity contribution in [3.05, 3.63) is 30.0 Å². The van der Waals surface area contributed by atoms with E-state index in [0.717, 1.165) is 34.7 Å². The molecule has 1 aromatic carbocycles. The molecule has 0 saturated heterocycles. The van der Waals surface area contributed by atoms with Crippen LogP contribution in [0.25, 0.3) is 11.3 Å². The zero-order valence-electron chi connectivity index (χ0n) is 16.8. The minimum atomic E-state index is -0.754. The van der Waals surface area contributed by atoms with Gasteiger partial charge in [0.05, 0.1) is 24.8 Å². The molecule has 0 aliphatic carbocycles. The van der Waals surface area contributed by atoms with E-state index in [9.17, 15) is 9.90 Å². The van der Waals surface area contributed by atoms with Crippen molar-refractivity contribution in [3.8, 4) is 22.8 Å². The predicted octanol–water partition coefficient (Wildman–Crippen LogP) is 3.08. The highest BCUT2D eigenvalue weighted by atomic mass is 16.5. The summed E-state index contributed by atoms with van der Waals surface area (Å²) in [5.74, 6) is 0.699. The quantitative estimate of drug-likeness (QED) is 0.724. The molecule has 2 N–H and O–H groups in total. The van der Waals surface area contributed by atoms with Crippen molar-refractivity contribution in [2.75, 3.05) is 19.8 Å². The van der Waals surface area contributed by atoms with Crippen LogP contribution in [0.3, 0.4) is 0 Å². The molecule has 1 aromatic heterocycles. The molecule has 28 heavy (non-hydrogen) atoms. The standard InChI is InChI=1S/C21H29N3O4/c1-14(2)9-16(21(25)26)11-22-12-17-13-24(3)23-20(17)15-5-6-18-19(10-15)28-8-4-7-27-18/h5-6,10,13-14,16,22H,4,7-9,11-12H2,1-3H3,(H,25,26). The first-order valence-corrected chi connectivity index (χ1v) is 9.80. The zero-order valence-corrected chi connectivity index (χ0v) is 16.8. The molecule has 2 aromatic rings. The van der Waals surface area contributed by atoms with Gasteiger partial charge in [-0.15, -0.1) is 0 Å². The second kappa shape index (κ2) is 9.10. The van der Waals surface area contributed by atoms with Crippen LogP contribution in [0.1, 0.15) is 32.3 Å². The Hall–Kier alpha value is -2.54. The maximum absolute atomic E-state index is 11.5. The molecule has 0 saturated carbocycles. The highest BCUT2D eigenvalue weighted by Crippen LogP contribution is 2.34. The molecule has 0 amide bonds. The molecule has 152 valence electrons. The van der Waals surface area contributed by atoms with Gasteiger partial charge in [0.1, 0.15) is 0 Å². The first-order chi connectivity index (χ1) is 13.4. The number of rotatable bonds is 8. The molecule has 7 nitrogen and oxygen atoms in total. The van der Waals surface area contributed by atoms with E-state index < -0.39 is 11.9 Å². The maximum Gasteiger partial charge on any atom is 0.307 e. The van der Waals surface area contributed by atoms with E-state index in [-0.39, 0.29) is 0 Å². The predicted molar refractivity (Wildman–Crippen MR) is 107 cm³/mol. The summed E-state index contributed by atoms with van der Waals surface area (Å²) in [6, 6.07) is 5.87. The lowest BCUT2D eigenvalue weighted by molar-refractivity contribution is -0.142. The topological polar surface area (TPSA) is 85.6 Å². The fourth-order valence-corrected chi connectivity index (χ4v) is 3.44. The van der Waals surface area contributed by atoms with Gasteiger partial charge in [0.15, 0.2) is 11.5 Å². The number of aliphatic carboxylic acids is 1. The largest absolute Gasteiger partial charge is 0.490 e. The lowest BCUT2D eigenvalue weighted by Crippen LogP contribution is -2.29. The summed E-state index contributed by atoms with van der Waals surface area (Å²) in [5, 5.41) is 17.3. The van der Waals surface area contributed by atoms with Gasteiger partial charge in [-0.25, -0.2) is 0 Å². The molecule has 3 rings (SSSR count). The van der Waals surface area contributed by atoms with Gasteiger partial charge in [0.2, 0.25) is 0 Å². The van der Waals surface area contributed by atoms with E-state index in [1.807, 2.05) is 45.3 Å². The Labute approximate surface area is 165 Å². The number of benzene rings is 1. The molecule has 1 aliphatic heterocycles. The van der Waals surface area contributed by atoms with Crippen LogP contribution < -0.4 is 14.8 Å². The van der Waals surface area contributed by atoms with Crippen LogP contribution in [0.4, 0.5) is 0 Å². The van der Waals surface area contributed by atoms with Crippen LogP contribution in [-0.2, 0) is 18.4 Å². The van der Waals surface area contributed by atoms with E-state index in [1.165, 1.54) is 0 Å². The Balaban J connectivity index is 1.73. The van der Waals surface area contributed by atoms with Crippen LogP contribution >= 0.6 is 0 Å². The monoisotopic (exact) mass is 387 g/mol. The van der Waals surface area contributed by atoms with Gasteiger partial charge in [-0.1, -0.05) is 13.8 Å². The molecular weight excluding hydrogens is 358 g/mol. The minimum absolute atomic E-state index is 0.346. The van der Waals surface area contributed by atoms with Crippen molar-refractivity contribution in [2.24, 2.45) is 18.9 Å². The van der Waals surface area contributed by atoms with Gasteiger partial charge < -0.3 is 19.9 Å². The fourth-order valence-electron chi connectivity index (χ4n) is 3.44. The Kier molecular flexibility index (Phi) is 6.57. The normalized spacial score (nSPS) is 14.7. The van der Waals surface area contributed by atoms with Crippen LogP contribution in [0.15, 0.2) is 24.4 Å². The number of carboxylic acids is 1.